The highest BCUT2D eigenvalue weighted by Gasteiger charge is 2.26. The van der Waals surface area contributed by atoms with Crippen LogP contribution in [0.5, 0.6) is 11.5 Å². The normalized spacial score (nSPS) is 14.0. The molecule has 164 valence electrons. The second kappa shape index (κ2) is 9.38. The zero-order chi connectivity index (χ0) is 22.5. The highest BCUT2D eigenvalue weighted by atomic mass is 16.5. The standard InChI is InChI=1S/C24H24N4O4/c1-32-22-9-5-4-8-20(22)27-12-14-28(15-13-27)24(31)23(30)26-25-16-19-18-7-3-2-6-17(18)10-11-21(19)29/h2-11,16,29H,12-15H2,1H3,(H,26,30). The molecule has 0 radical (unpaired) electrons. The Labute approximate surface area is 185 Å². The van der Waals surface area contributed by atoms with Crippen molar-refractivity contribution in [1.82, 2.24) is 10.3 Å². The molecule has 2 N–H and O–H groups in total. The number of rotatable bonds is 4. The topological polar surface area (TPSA) is 94.5 Å². The maximum atomic E-state index is 12.5. The van der Waals surface area contributed by atoms with Gasteiger partial charge in [0.2, 0.25) is 0 Å². The summed E-state index contributed by atoms with van der Waals surface area (Å²) in [6, 6.07) is 18.6. The van der Waals surface area contributed by atoms with Crippen molar-refractivity contribution in [1.29, 1.82) is 0 Å². The molecule has 1 heterocycles. The van der Waals surface area contributed by atoms with Crippen LogP contribution in [-0.4, -0.2) is 61.3 Å². The molecule has 8 nitrogen and oxygen atoms in total. The Morgan fingerprint density at radius 2 is 1.72 bits per heavy atom. The van der Waals surface area contributed by atoms with Crippen LogP contribution < -0.4 is 15.1 Å². The Morgan fingerprint density at radius 3 is 2.50 bits per heavy atom. The number of anilines is 1. The summed E-state index contributed by atoms with van der Waals surface area (Å²) in [5, 5.41) is 15.8. The second-order valence-corrected chi connectivity index (χ2v) is 7.37. The van der Waals surface area contributed by atoms with Gasteiger partial charge >= 0.3 is 11.8 Å². The van der Waals surface area contributed by atoms with Crippen LogP contribution in [0.4, 0.5) is 5.69 Å². The summed E-state index contributed by atoms with van der Waals surface area (Å²) in [4.78, 5) is 28.5. The lowest BCUT2D eigenvalue weighted by atomic mass is 10.0. The molecule has 1 saturated heterocycles. The number of hydrogen-bond acceptors (Lipinski definition) is 6. The average Bonchev–Trinajstić information content (AvgIpc) is 2.85. The number of carbonyl (C=O) groups excluding carboxylic acids is 2. The number of nitrogens with zero attached hydrogens (tertiary/aromatic N) is 3. The molecule has 1 fully saturated rings. The van der Waals surface area contributed by atoms with Gasteiger partial charge in [0.1, 0.15) is 11.5 Å². The van der Waals surface area contributed by atoms with E-state index in [0.717, 1.165) is 22.2 Å². The van der Waals surface area contributed by atoms with Crippen molar-refractivity contribution in [2.45, 2.75) is 0 Å². The number of benzene rings is 3. The van der Waals surface area contributed by atoms with Gasteiger partial charge in [-0.1, -0.05) is 42.5 Å². The lowest BCUT2D eigenvalue weighted by Gasteiger charge is -2.36. The zero-order valence-corrected chi connectivity index (χ0v) is 17.7. The van der Waals surface area contributed by atoms with Gasteiger partial charge in [0, 0.05) is 31.7 Å². The van der Waals surface area contributed by atoms with E-state index in [1.807, 2.05) is 48.5 Å². The number of ether oxygens (including phenoxy) is 1. The number of piperazine rings is 1. The Hall–Kier alpha value is -4.07. The molecule has 8 heteroatoms. The number of aromatic hydroxyl groups is 1. The highest BCUT2D eigenvalue weighted by molar-refractivity contribution is 6.35. The molecule has 1 aliphatic rings. The molecule has 3 aromatic rings. The van der Waals surface area contributed by atoms with Crippen LogP contribution >= 0.6 is 0 Å². The first-order chi connectivity index (χ1) is 15.6. The third kappa shape index (κ3) is 4.34. The molecule has 0 saturated carbocycles. The molecule has 0 spiro atoms. The molecule has 32 heavy (non-hydrogen) atoms. The Kier molecular flexibility index (Phi) is 6.21. The number of methoxy groups -OCH3 is 1. The van der Waals surface area contributed by atoms with Crippen molar-refractivity contribution in [3.63, 3.8) is 0 Å². The van der Waals surface area contributed by atoms with Crippen LogP contribution in [0, 0.1) is 0 Å². The van der Waals surface area contributed by atoms with E-state index in [0.29, 0.717) is 31.7 Å². The number of nitrogens with one attached hydrogen (secondary N) is 1. The highest BCUT2D eigenvalue weighted by Crippen LogP contribution is 2.28. The number of fused-ring (bicyclic) bond motifs is 1. The van der Waals surface area contributed by atoms with Crippen molar-refractivity contribution in [2.75, 3.05) is 38.2 Å². The maximum Gasteiger partial charge on any atom is 0.329 e. The molecular formula is C24H24N4O4. The van der Waals surface area contributed by atoms with Crippen LogP contribution in [0.2, 0.25) is 0 Å². The van der Waals surface area contributed by atoms with E-state index >= 15 is 0 Å². The Balaban J connectivity index is 1.36. The van der Waals surface area contributed by atoms with Crippen molar-refractivity contribution in [3.05, 3.63) is 66.2 Å². The first-order valence-corrected chi connectivity index (χ1v) is 10.3. The van der Waals surface area contributed by atoms with E-state index in [2.05, 4.69) is 15.4 Å². The smallest absolute Gasteiger partial charge is 0.329 e. The SMILES string of the molecule is COc1ccccc1N1CCN(C(=O)C(=O)NN=Cc2c(O)ccc3ccccc23)CC1. The number of phenolic OH excluding ortho intramolecular Hbond substituents is 1. The second-order valence-electron chi connectivity index (χ2n) is 7.37. The van der Waals surface area contributed by atoms with Gasteiger partial charge in [0.25, 0.3) is 0 Å². The summed E-state index contributed by atoms with van der Waals surface area (Å²) in [6.07, 6.45) is 1.35. The minimum Gasteiger partial charge on any atom is -0.507 e. The summed E-state index contributed by atoms with van der Waals surface area (Å²) in [6.45, 7) is 2.01. The van der Waals surface area contributed by atoms with Crippen LogP contribution in [0.15, 0.2) is 65.8 Å². The third-order valence-electron chi connectivity index (χ3n) is 5.49. The number of phenols is 1. The Morgan fingerprint density at radius 1 is 1.00 bits per heavy atom. The minimum absolute atomic E-state index is 0.0421. The van der Waals surface area contributed by atoms with E-state index in [1.54, 1.807) is 19.2 Å². The molecule has 0 bridgehead atoms. The molecule has 1 aliphatic heterocycles. The summed E-state index contributed by atoms with van der Waals surface area (Å²) < 4.78 is 5.41. The summed E-state index contributed by atoms with van der Waals surface area (Å²) >= 11 is 0. The molecule has 4 rings (SSSR count). The van der Waals surface area contributed by atoms with Gasteiger partial charge in [-0.15, -0.1) is 0 Å². The van der Waals surface area contributed by atoms with Gasteiger partial charge in [-0.05, 0) is 29.0 Å². The monoisotopic (exact) mass is 432 g/mol. The van der Waals surface area contributed by atoms with E-state index in [1.165, 1.54) is 11.1 Å². The maximum absolute atomic E-state index is 12.5. The number of hydrazone groups is 1. The molecule has 3 aromatic carbocycles. The van der Waals surface area contributed by atoms with Gasteiger partial charge in [-0.2, -0.15) is 5.10 Å². The minimum atomic E-state index is -0.813. The number of carbonyl (C=O) groups is 2. The largest absolute Gasteiger partial charge is 0.507 e. The van der Waals surface area contributed by atoms with E-state index in [9.17, 15) is 14.7 Å². The lowest BCUT2D eigenvalue weighted by molar-refractivity contribution is -0.146. The fourth-order valence-electron chi connectivity index (χ4n) is 3.81. The van der Waals surface area contributed by atoms with E-state index in [-0.39, 0.29) is 5.75 Å². The molecule has 0 unspecified atom stereocenters. The molecule has 2 amide bonds. The Bertz CT molecular complexity index is 1170. The van der Waals surface area contributed by atoms with Crippen molar-refractivity contribution in [2.24, 2.45) is 5.10 Å². The van der Waals surface area contributed by atoms with Crippen molar-refractivity contribution >= 4 is 34.5 Å². The number of amides is 2. The summed E-state index contributed by atoms with van der Waals surface area (Å²) in [5.41, 5.74) is 3.71. The van der Waals surface area contributed by atoms with Crippen LogP contribution in [-0.2, 0) is 9.59 Å². The third-order valence-corrected chi connectivity index (χ3v) is 5.49. The summed E-state index contributed by atoms with van der Waals surface area (Å²) in [7, 11) is 1.63. The predicted octanol–water partition coefficient (Wildman–Crippen LogP) is 2.35. The van der Waals surface area contributed by atoms with Crippen LogP contribution in [0.25, 0.3) is 10.8 Å². The summed E-state index contributed by atoms with van der Waals surface area (Å²) in [5.74, 6) is -0.632. The van der Waals surface area contributed by atoms with Gasteiger partial charge < -0.3 is 19.6 Å². The fraction of sp³-hybridized carbons (Fsp3) is 0.208. The van der Waals surface area contributed by atoms with Gasteiger partial charge in [-0.25, -0.2) is 5.43 Å². The molecule has 0 aromatic heterocycles. The number of hydrogen-bond donors (Lipinski definition) is 2. The van der Waals surface area contributed by atoms with Crippen LogP contribution in [0.3, 0.4) is 0 Å². The van der Waals surface area contributed by atoms with Crippen LogP contribution in [0.1, 0.15) is 5.56 Å². The molecule has 0 atom stereocenters. The molecule has 0 aliphatic carbocycles. The molecular weight excluding hydrogens is 408 g/mol. The van der Waals surface area contributed by atoms with Crippen molar-refractivity contribution in [3.8, 4) is 11.5 Å². The number of para-hydroxylation sites is 2. The van der Waals surface area contributed by atoms with Gasteiger partial charge in [0.15, 0.2) is 0 Å². The first kappa shape index (κ1) is 21.2. The first-order valence-electron chi connectivity index (χ1n) is 10.3. The van der Waals surface area contributed by atoms with Gasteiger partial charge in [0.05, 0.1) is 19.0 Å². The zero-order valence-electron chi connectivity index (χ0n) is 17.7. The fourth-order valence-corrected chi connectivity index (χ4v) is 3.81. The van der Waals surface area contributed by atoms with E-state index in [4.69, 9.17) is 4.74 Å². The lowest BCUT2D eigenvalue weighted by Crippen LogP contribution is -2.52. The quantitative estimate of drug-likeness (QED) is 0.375. The van der Waals surface area contributed by atoms with E-state index < -0.39 is 11.8 Å². The van der Waals surface area contributed by atoms with Gasteiger partial charge in [-0.3, -0.25) is 9.59 Å². The average molecular weight is 432 g/mol. The predicted molar refractivity (Wildman–Crippen MR) is 123 cm³/mol. The van der Waals surface area contributed by atoms with Crippen molar-refractivity contribution < 1.29 is 19.4 Å².